The minimum absolute atomic E-state index is 0.336. The third-order valence-electron chi connectivity index (χ3n) is 3.45. The smallest absolute Gasteiger partial charge is 0.0594 e. The monoisotopic (exact) mass is 243 g/mol. The Morgan fingerprint density at radius 2 is 1.71 bits per heavy atom. The number of hydrogen-bond donors (Lipinski definition) is 2. The first kappa shape index (κ1) is 14.9. The summed E-state index contributed by atoms with van der Waals surface area (Å²) < 4.78 is 5.83. The van der Waals surface area contributed by atoms with Crippen LogP contribution in [0.25, 0.3) is 0 Å². The highest BCUT2D eigenvalue weighted by Gasteiger charge is 2.12. The molecule has 2 N–H and O–H groups in total. The maximum absolute atomic E-state index is 8.63. The molecule has 0 amide bonds. The molecule has 0 spiro atoms. The van der Waals surface area contributed by atoms with Crippen LogP contribution in [-0.4, -0.2) is 37.5 Å². The molecule has 102 valence electrons. The second-order valence-electron chi connectivity index (χ2n) is 5.02. The molecule has 1 rings (SSSR count). The molecule has 0 bridgehead atoms. The number of aliphatic hydroxyl groups is 1. The van der Waals surface area contributed by atoms with Gasteiger partial charge in [-0.15, -0.1) is 0 Å². The van der Waals surface area contributed by atoms with Crippen molar-refractivity contribution in [1.82, 2.24) is 5.32 Å². The number of ether oxygens (including phenoxy) is 1. The maximum atomic E-state index is 8.63. The zero-order valence-corrected chi connectivity index (χ0v) is 11.1. The van der Waals surface area contributed by atoms with E-state index in [-0.39, 0.29) is 0 Å². The lowest BCUT2D eigenvalue weighted by molar-refractivity contribution is 0.0303. The van der Waals surface area contributed by atoms with Gasteiger partial charge in [0.2, 0.25) is 0 Å². The second kappa shape index (κ2) is 11.0. The third-order valence-corrected chi connectivity index (χ3v) is 3.45. The molecule has 0 saturated heterocycles. The van der Waals surface area contributed by atoms with E-state index in [2.05, 4.69) is 5.32 Å². The molecule has 0 heterocycles. The summed E-state index contributed by atoms with van der Waals surface area (Å²) in [4.78, 5) is 0. The molecule has 0 aromatic heterocycles. The number of unbranched alkanes of at least 4 members (excludes halogenated alkanes) is 3. The molecule has 0 radical (unpaired) electrons. The molecule has 0 atom stereocenters. The first-order valence-corrected chi connectivity index (χ1v) is 7.36. The van der Waals surface area contributed by atoms with Crippen LogP contribution in [0.5, 0.6) is 0 Å². The Bertz CT molecular complexity index is 158. The van der Waals surface area contributed by atoms with E-state index in [0.717, 1.165) is 32.5 Å². The van der Waals surface area contributed by atoms with Crippen LogP contribution in [0.1, 0.15) is 57.8 Å². The van der Waals surface area contributed by atoms with E-state index >= 15 is 0 Å². The lowest BCUT2D eigenvalue weighted by Gasteiger charge is -2.22. The topological polar surface area (TPSA) is 41.5 Å². The Balaban J connectivity index is 1.75. The van der Waals surface area contributed by atoms with Gasteiger partial charge in [0.25, 0.3) is 0 Å². The van der Waals surface area contributed by atoms with Crippen LogP contribution in [-0.2, 0) is 4.74 Å². The highest BCUT2D eigenvalue weighted by Crippen LogP contribution is 2.19. The molecule has 1 fully saturated rings. The summed E-state index contributed by atoms with van der Waals surface area (Å²) in [5.41, 5.74) is 0. The van der Waals surface area contributed by atoms with E-state index in [0.29, 0.717) is 12.7 Å². The SMILES string of the molecule is OCCCCCCNCCOC1CCCCC1. The second-order valence-corrected chi connectivity index (χ2v) is 5.02. The van der Waals surface area contributed by atoms with Crippen molar-refractivity contribution in [2.45, 2.75) is 63.9 Å². The molecule has 0 aliphatic heterocycles. The maximum Gasteiger partial charge on any atom is 0.0594 e. The summed E-state index contributed by atoms with van der Waals surface area (Å²) in [6.45, 7) is 3.26. The highest BCUT2D eigenvalue weighted by molar-refractivity contribution is 4.65. The first-order valence-electron chi connectivity index (χ1n) is 7.36. The van der Waals surface area contributed by atoms with Crippen LogP contribution >= 0.6 is 0 Å². The Morgan fingerprint density at radius 3 is 2.47 bits per heavy atom. The van der Waals surface area contributed by atoms with Gasteiger partial charge in [0.05, 0.1) is 12.7 Å². The van der Waals surface area contributed by atoms with Gasteiger partial charge in [-0.2, -0.15) is 0 Å². The van der Waals surface area contributed by atoms with Crippen molar-refractivity contribution in [2.75, 3.05) is 26.3 Å². The zero-order chi connectivity index (χ0) is 12.2. The van der Waals surface area contributed by atoms with Crippen LogP contribution < -0.4 is 5.32 Å². The Morgan fingerprint density at radius 1 is 0.941 bits per heavy atom. The van der Waals surface area contributed by atoms with Gasteiger partial charge in [-0.25, -0.2) is 0 Å². The number of rotatable bonds is 10. The predicted molar refractivity (Wildman–Crippen MR) is 71.2 cm³/mol. The average Bonchev–Trinajstić information content (AvgIpc) is 2.38. The molecule has 3 heteroatoms. The van der Waals surface area contributed by atoms with Gasteiger partial charge in [0.15, 0.2) is 0 Å². The molecule has 0 aromatic rings. The van der Waals surface area contributed by atoms with Crippen molar-refractivity contribution in [1.29, 1.82) is 0 Å². The van der Waals surface area contributed by atoms with Gasteiger partial charge in [-0.05, 0) is 32.2 Å². The molecule has 0 unspecified atom stereocenters. The van der Waals surface area contributed by atoms with E-state index in [1.807, 2.05) is 0 Å². The van der Waals surface area contributed by atoms with Gasteiger partial charge in [0, 0.05) is 13.2 Å². The summed E-state index contributed by atoms with van der Waals surface area (Å²) in [5.74, 6) is 0. The van der Waals surface area contributed by atoms with Gasteiger partial charge < -0.3 is 15.2 Å². The van der Waals surface area contributed by atoms with Crippen molar-refractivity contribution >= 4 is 0 Å². The van der Waals surface area contributed by atoms with Crippen molar-refractivity contribution in [3.8, 4) is 0 Å². The highest BCUT2D eigenvalue weighted by atomic mass is 16.5. The van der Waals surface area contributed by atoms with E-state index in [9.17, 15) is 0 Å². The quantitative estimate of drug-likeness (QED) is 0.579. The van der Waals surface area contributed by atoms with E-state index < -0.39 is 0 Å². The largest absolute Gasteiger partial charge is 0.396 e. The summed E-state index contributed by atoms with van der Waals surface area (Å²) in [7, 11) is 0. The van der Waals surface area contributed by atoms with Crippen LogP contribution in [0.3, 0.4) is 0 Å². The van der Waals surface area contributed by atoms with Crippen molar-refractivity contribution in [3.05, 3.63) is 0 Å². The van der Waals surface area contributed by atoms with Crippen LogP contribution in [0, 0.1) is 0 Å². The van der Waals surface area contributed by atoms with Crippen molar-refractivity contribution in [2.24, 2.45) is 0 Å². The Labute approximate surface area is 106 Å². The lowest BCUT2D eigenvalue weighted by atomic mass is 9.98. The molecule has 1 aliphatic carbocycles. The Hall–Kier alpha value is -0.120. The van der Waals surface area contributed by atoms with Crippen molar-refractivity contribution in [3.63, 3.8) is 0 Å². The first-order chi connectivity index (χ1) is 8.43. The fraction of sp³-hybridized carbons (Fsp3) is 1.00. The molecule has 1 aliphatic rings. The number of nitrogens with one attached hydrogen (secondary N) is 1. The molecule has 17 heavy (non-hydrogen) atoms. The standard InChI is InChI=1S/C14H29NO2/c16-12-7-2-1-6-10-15-11-13-17-14-8-4-3-5-9-14/h14-16H,1-13H2. The number of aliphatic hydroxyl groups excluding tert-OH is 1. The zero-order valence-electron chi connectivity index (χ0n) is 11.1. The summed E-state index contributed by atoms with van der Waals surface area (Å²) in [5, 5.41) is 12.0. The molecule has 1 saturated carbocycles. The van der Waals surface area contributed by atoms with Gasteiger partial charge in [-0.1, -0.05) is 32.1 Å². The predicted octanol–water partition coefficient (Wildman–Crippen LogP) is 2.48. The summed E-state index contributed by atoms with van der Waals surface area (Å²) >= 11 is 0. The Kier molecular flexibility index (Phi) is 9.66. The van der Waals surface area contributed by atoms with Gasteiger partial charge in [0.1, 0.15) is 0 Å². The minimum Gasteiger partial charge on any atom is -0.396 e. The summed E-state index contributed by atoms with van der Waals surface area (Å²) in [6.07, 6.45) is 11.7. The van der Waals surface area contributed by atoms with E-state index in [1.54, 1.807) is 0 Å². The van der Waals surface area contributed by atoms with Crippen LogP contribution in [0.4, 0.5) is 0 Å². The normalized spacial score (nSPS) is 17.5. The summed E-state index contributed by atoms with van der Waals surface area (Å²) in [6, 6.07) is 0. The van der Waals surface area contributed by atoms with Crippen LogP contribution in [0.2, 0.25) is 0 Å². The van der Waals surface area contributed by atoms with E-state index in [1.165, 1.54) is 44.9 Å². The molecular formula is C14H29NO2. The minimum atomic E-state index is 0.336. The van der Waals surface area contributed by atoms with Crippen LogP contribution in [0.15, 0.2) is 0 Å². The average molecular weight is 243 g/mol. The third kappa shape index (κ3) is 8.58. The van der Waals surface area contributed by atoms with Gasteiger partial charge >= 0.3 is 0 Å². The molecule has 3 nitrogen and oxygen atoms in total. The fourth-order valence-corrected chi connectivity index (χ4v) is 2.37. The van der Waals surface area contributed by atoms with E-state index in [4.69, 9.17) is 9.84 Å². The molecular weight excluding hydrogens is 214 g/mol. The van der Waals surface area contributed by atoms with Gasteiger partial charge in [-0.3, -0.25) is 0 Å². The number of hydrogen-bond acceptors (Lipinski definition) is 3. The van der Waals surface area contributed by atoms with Crippen molar-refractivity contribution < 1.29 is 9.84 Å². The molecule has 0 aromatic carbocycles. The lowest BCUT2D eigenvalue weighted by Crippen LogP contribution is -2.25. The fourth-order valence-electron chi connectivity index (χ4n) is 2.37.